The van der Waals surface area contributed by atoms with Gasteiger partial charge in [0, 0.05) is 7.11 Å². The molecule has 0 saturated heterocycles. The SMILES string of the molecule is CCOC(=O)CSc1nnc(COC)n1N. The van der Waals surface area contributed by atoms with Crippen LogP contribution in [0.15, 0.2) is 5.16 Å². The van der Waals surface area contributed by atoms with E-state index in [4.69, 9.17) is 15.3 Å². The molecule has 0 bridgehead atoms. The molecule has 0 aliphatic rings. The number of ether oxygens (including phenoxy) is 2. The topological polar surface area (TPSA) is 92.3 Å². The van der Waals surface area contributed by atoms with Gasteiger partial charge in [-0.1, -0.05) is 11.8 Å². The van der Waals surface area contributed by atoms with Gasteiger partial charge in [-0.15, -0.1) is 10.2 Å². The Labute approximate surface area is 97.3 Å². The number of thioether (sulfide) groups is 1. The number of nitrogen functional groups attached to an aromatic ring is 1. The number of carbonyl (C=O) groups is 1. The van der Waals surface area contributed by atoms with Gasteiger partial charge in [0.25, 0.3) is 0 Å². The standard InChI is InChI=1S/C8H14N4O3S/c1-3-15-7(13)5-16-8-11-10-6(4-14-2)12(8)9/h3-5,9H2,1-2H3. The molecular formula is C8H14N4O3S. The lowest BCUT2D eigenvalue weighted by Gasteiger charge is -2.02. The van der Waals surface area contributed by atoms with E-state index in [1.807, 2.05) is 0 Å². The highest BCUT2D eigenvalue weighted by molar-refractivity contribution is 7.99. The summed E-state index contributed by atoms with van der Waals surface area (Å²) in [5, 5.41) is 8.11. The lowest BCUT2D eigenvalue weighted by atomic mass is 10.7. The number of carbonyl (C=O) groups excluding carboxylic acids is 1. The van der Waals surface area contributed by atoms with Crippen molar-refractivity contribution < 1.29 is 14.3 Å². The van der Waals surface area contributed by atoms with Gasteiger partial charge in [-0.3, -0.25) is 4.79 Å². The minimum absolute atomic E-state index is 0.163. The van der Waals surface area contributed by atoms with Gasteiger partial charge in [0.2, 0.25) is 5.16 Å². The van der Waals surface area contributed by atoms with Gasteiger partial charge in [-0.05, 0) is 6.92 Å². The average Bonchev–Trinajstić information content (AvgIpc) is 2.59. The predicted octanol–water partition coefficient (Wildman–Crippen LogP) is -0.207. The molecule has 0 atom stereocenters. The Balaban J connectivity index is 2.51. The van der Waals surface area contributed by atoms with Crippen molar-refractivity contribution in [1.82, 2.24) is 14.9 Å². The third-order valence-corrected chi connectivity index (χ3v) is 2.55. The average molecular weight is 246 g/mol. The van der Waals surface area contributed by atoms with Crippen LogP contribution in [0.5, 0.6) is 0 Å². The van der Waals surface area contributed by atoms with Gasteiger partial charge in [-0.2, -0.15) is 0 Å². The minimum Gasteiger partial charge on any atom is -0.465 e. The van der Waals surface area contributed by atoms with Gasteiger partial charge in [0.15, 0.2) is 5.82 Å². The van der Waals surface area contributed by atoms with Crippen LogP contribution in [0.3, 0.4) is 0 Å². The summed E-state index contributed by atoms with van der Waals surface area (Å²) in [5.41, 5.74) is 0. The molecule has 1 aromatic heterocycles. The van der Waals surface area contributed by atoms with E-state index < -0.39 is 0 Å². The maximum atomic E-state index is 11.1. The van der Waals surface area contributed by atoms with Gasteiger partial charge in [-0.25, -0.2) is 4.68 Å². The second-order valence-electron chi connectivity index (χ2n) is 2.80. The molecule has 1 aromatic rings. The third kappa shape index (κ3) is 3.38. The third-order valence-electron chi connectivity index (χ3n) is 1.63. The van der Waals surface area contributed by atoms with E-state index in [0.717, 1.165) is 0 Å². The molecule has 0 radical (unpaired) electrons. The Morgan fingerprint density at radius 3 is 2.94 bits per heavy atom. The summed E-state index contributed by atoms with van der Waals surface area (Å²) in [7, 11) is 1.54. The molecule has 0 saturated carbocycles. The number of hydrogen-bond donors (Lipinski definition) is 1. The van der Waals surface area contributed by atoms with Crippen LogP contribution in [-0.2, 0) is 20.9 Å². The van der Waals surface area contributed by atoms with Crippen LogP contribution in [0.2, 0.25) is 0 Å². The highest BCUT2D eigenvalue weighted by Crippen LogP contribution is 2.14. The summed E-state index contributed by atoms with van der Waals surface area (Å²) in [4.78, 5) is 11.1. The van der Waals surface area contributed by atoms with Gasteiger partial charge >= 0.3 is 5.97 Å². The fourth-order valence-corrected chi connectivity index (χ4v) is 1.63. The zero-order valence-corrected chi connectivity index (χ0v) is 9.99. The molecule has 2 N–H and O–H groups in total. The number of nitrogens with zero attached hydrogens (tertiary/aromatic N) is 3. The molecular weight excluding hydrogens is 232 g/mol. The lowest BCUT2D eigenvalue weighted by Crippen LogP contribution is -2.15. The molecule has 0 aliphatic heterocycles. The van der Waals surface area contributed by atoms with Crippen molar-refractivity contribution in [2.75, 3.05) is 25.3 Å². The predicted molar refractivity (Wildman–Crippen MR) is 58.2 cm³/mol. The first kappa shape index (κ1) is 12.8. The van der Waals surface area contributed by atoms with Crippen molar-refractivity contribution in [3.05, 3.63) is 5.82 Å². The van der Waals surface area contributed by atoms with Crippen molar-refractivity contribution in [2.45, 2.75) is 18.7 Å². The van der Waals surface area contributed by atoms with Gasteiger partial charge in [0.1, 0.15) is 6.61 Å². The fraction of sp³-hybridized carbons (Fsp3) is 0.625. The van der Waals surface area contributed by atoms with E-state index in [0.29, 0.717) is 17.6 Å². The van der Waals surface area contributed by atoms with Gasteiger partial charge in [0.05, 0.1) is 12.4 Å². The Morgan fingerprint density at radius 2 is 2.31 bits per heavy atom. The van der Waals surface area contributed by atoms with Crippen molar-refractivity contribution in [3.63, 3.8) is 0 Å². The van der Waals surface area contributed by atoms with Crippen molar-refractivity contribution in [2.24, 2.45) is 0 Å². The van der Waals surface area contributed by atoms with Crippen LogP contribution in [0.4, 0.5) is 0 Å². The minimum atomic E-state index is -0.302. The second kappa shape index (κ2) is 6.33. The van der Waals surface area contributed by atoms with Gasteiger partial charge < -0.3 is 15.3 Å². The van der Waals surface area contributed by atoms with E-state index in [9.17, 15) is 4.79 Å². The van der Waals surface area contributed by atoms with Crippen LogP contribution in [-0.4, -0.2) is 40.3 Å². The quantitative estimate of drug-likeness (QED) is 0.422. The fourth-order valence-electron chi connectivity index (χ4n) is 0.959. The highest BCUT2D eigenvalue weighted by atomic mass is 32.2. The number of hydrogen-bond acceptors (Lipinski definition) is 7. The Bertz CT molecular complexity index is 355. The summed E-state index contributed by atoms with van der Waals surface area (Å²) in [5.74, 6) is 6.06. The first-order valence-corrected chi connectivity index (χ1v) is 5.64. The van der Waals surface area contributed by atoms with E-state index >= 15 is 0 Å². The Hall–Kier alpha value is -1.28. The number of aromatic nitrogens is 3. The maximum absolute atomic E-state index is 11.1. The maximum Gasteiger partial charge on any atom is 0.316 e. The molecule has 8 heteroatoms. The number of rotatable bonds is 6. The highest BCUT2D eigenvalue weighted by Gasteiger charge is 2.12. The largest absolute Gasteiger partial charge is 0.465 e. The molecule has 0 aromatic carbocycles. The lowest BCUT2D eigenvalue weighted by molar-refractivity contribution is -0.139. The van der Waals surface area contributed by atoms with Crippen LogP contribution in [0, 0.1) is 0 Å². The second-order valence-corrected chi connectivity index (χ2v) is 3.74. The van der Waals surface area contributed by atoms with E-state index in [2.05, 4.69) is 10.2 Å². The van der Waals surface area contributed by atoms with Crippen molar-refractivity contribution >= 4 is 17.7 Å². The molecule has 1 heterocycles. The molecule has 0 fully saturated rings. The van der Waals surface area contributed by atoms with Crippen LogP contribution in [0.1, 0.15) is 12.7 Å². The summed E-state index contributed by atoms with van der Waals surface area (Å²) >= 11 is 1.18. The molecule has 0 spiro atoms. The van der Waals surface area contributed by atoms with Crippen LogP contribution < -0.4 is 5.84 Å². The number of methoxy groups -OCH3 is 1. The van der Waals surface area contributed by atoms with E-state index in [-0.39, 0.29) is 18.3 Å². The molecule has 1 rings (SSSR count). The van der Waals surface area contributed by atoms with Crippen molar-refractivity contribution in [3.8, 4) is 0 Å². The summed E-state index contributed by atoms with van der Waals surface area (Å²) in [6.07, 6.45) is 0. The Morgan fingerprint density at radius 1 is 1.56 bits per heavy atom. The smallest absolute Gasteiger partial charge is 0.316 e. The molecule has 0 unspecified atom stereocenters. The molecule has 0 amide bonds. The zero-order chi connectivity index (χ0) is 12.0. The number of esters is 1. The monoisotopic (exact) mass is 246 g/mol. The summed E-state index contributed by atoms with van der Waals surface area (Å²) in [6.45, 7) is 2.40. The Kier molecular flexibility index (Phi) is 5.06. The summed E-state index contributed by atoms with van der Waals surface area (Å²) in [6, 6.07) is 0. The molecule has 7 nitrogen and oxygen atoms in total. The molecule has 90 valence electrons. The normalized spacial score (nSPS) is 10.4. The molecule has 16 heavy (non-hydrogen) atoms. The first-order valence-electron chi connectivity index (χ1n) is 4.65. The van der Waals surface area contributed by atoms with Crippen LogP contribution >= 0.6 is 11.8 Å². The van der Waals surface area contributed by atoms with E-state index in [1.165, 1.54) is 16.4 Å². The zero-order valence-electron chi connectivity index (χ0n) is 9.17. The van der Waals surface area contributed by atoms with E-state index in [1.54, 1.807) is 14.0 Å². The summed E-state index contributed by atoms with van der Waals surface area (Å²) < 4.78 is 11.0. The first-order chi connectivity index (χ1) is 7.69. The van der Waals surface area contributed by atoms with Crippen molar-refractivity contribution in [1.29, 1.82) is 0 Å². The van der Waals surface area contributed by atoms with Crippen LogP contribution in [0.25, 0.3) is 0 Å². The molecule has 0 aliphatic carbocycles. The number of nitrogens with two attached hydrogens (primary N) is 1.